The number of fused-ring (bicyclic) bond motifs is 1. The average molecular weight is 432 g/mol. The van der Waals surface area contributed by atoms with Gasteiger partial charge in [0.1, 0.15) is 11.6 Å². The summed E-state index contributed by atoms with van der Waals surface area (Å²) in [5, 5.41) is -0.233. The van der Waals surface area contributed by atoms with E-state index in [-0.39, 0.29) is 9.50 Å². The van der Waals surface area contributed by atoms with Crippen molar-refractivity contribution in [2.75, 3.05) is 11.8 Å². The lowest BCUT2D eigenvalue weighted by molar-refractivity contribution is 0.413. The number of nitrogens with zero attached hydrogens (tertiary/aromatic N) is 2. The maximum absolute atomic E-state index is 13.9. The van der Waals surface area contributed by atoms with E-state index in [2.05, 4.69) is 20.9 Å². The number of hydrogen-bond donors (Lipinski definition) is 1. The Bertz CT molecular complexity index is 1080. The van der Waals surface area contributed by atoms with Gasteiger partial charge in [-0.15, -0.1) is 0 Å². The van der Waals surface area contributed by atoms with Crippen LogP contribution in [0.15, 0.2) is 40.1 Å². The van der Waals surface area contributed by atoms with Gasteiger partial charge in [0.2, 0.25) is 0 Å². The molecule has 25 heavy (non-hydrogen) atoms. The molecule has 0 fully saturated rings. The van der Waals surface area contributed by atoms with Gasteiger partial charge in [-0.3, -0.25) is 9.12 Å². The monoisotopic (exact) mass is 431 g/mol. The van der Waals surface area contributed by atoms with Crippen molar-refractivity contribution in [1.82, 2.24) is 9.38 Å². The first kappa shape index (κ1) is 17.6. The van der Waals surface area contributed by atoms with Crippen molar-refractivity contribution < 1.29 is 21.9 Å². The molecule has 2 aromatic heterocycles. The third-order valence-electron chi connectivity index (χ3n) is 3.53. The number of imidazole rings is 1. The first-order valence-electron chi connectivity index (χ1n) is 6.92. The molecular weight excluding hydrogens is 420 g/mol. The zero-order valence-electron chi connectivity index (χ0n) is 13.0. The molecule has 2 heterocycles. The van der Waals surface area contributed by atoms with Gasteiger partial charge in [0.05, 0.1) is 23.5 Å². The highest BCUT2D eigenvalue weighted by atomic mass is 79.9. The fourth-order valence-corrected chi connectivity index (χ4v) is 3.81. The fourth-order valence-electron chi connectivity index (χ4n) is 2.34. The van der Waals surface area contributed by atoms with Gasteiger partial charge in [-0.2, -0.15) is 8.42 Å². The number of hydrogen-bond acceptors (Lipinski definition) is 4. The van der Waals surface area contributed by atoms with Crippen LogP contribution in [0.2, 0.25) is 0 Å². The molecule has 0 spiro atoms. The predicted molar refractivity (Wildman–Crippen MR) is 91.3 cm³/mol. The van der Waals surface area contributed by atoms with E-state index in [0.717, 1.165) is 23.9 Å². The lowest BCUT2D eigenvalue weighted by Crippen LogP contribution is -2.16. The molecule has 0 saturated heterocycles. The number of aromatic nitrogens is 2. The first-order chi connectivity index (χ1) is 11.7. The molecule has 132 valence electrons. The van der Waals surface area contributed by atoms with Crippen molar-refractivity contribution in [3.63, 3.8) is 0 Å². The fraction of sp³-hybridized carbons (Fsp3) is 0.133. The summed E-state index contributed by atoms with van der Waals surface area (Å²) < 4.78 is 61.2. The molecule has 0 aliphatic heterocycles. The second kappa shape index (κ2) is 6.26. The maximum Gasteiger partial charge on any atom is 0.279 e. The van der Waals surface area contributed by atoms with Gasteiger partial charge in [-0.1, -0.05) is 0 Å². The van der Waals surface area contributed by atoms with E-state index in [0.29, 0.717) is 11.4 Å². The van der Waals surface area contributed by atoms with E-state index < -0.39 is 27.3 Å². The smallest absolute Gasteiger partial charge is 0.279 e. The van der Waals surface area contributed by atoms with Gasteiger partial charge in [0.25, 0.3) is 10.0 Å². The van der Waals surface area contributed by atoms with E-state index >= 15 is 0 Å². The number of pyridine rings is 1. The molecule has 0 aliphatic rings. The summed E-state index contributed by atoms with van der Waals surface area (Å²) in [6.07, 6.45) is 2.63. The molecule has 1 aromatic carbocycles. The van der Waals surface area contributed by atoms with Crippen LogP contribution in [0.1, 0.15) is 5.56 Å². The molecule has 3 aromatic rings. The van der Waals surface area contributed by atoms with Crippen LogP contribution in [0.3, 0.4) is 0 Å². The summed E-state index contributed by atoms with van der Waals surface area (Å²) in [4.78, 5) is 4.06. The quantitative estimate of drug-likeness (QED) is 0.641. The number of halogens is 3. The zero-order chi connectivity index (χ0) is 18.4. The number of benzene rings is 1. The minimum Gasteiger partial charge on any atom is -0.493 e. The van der Waals surface area contributed by atoms with Crippen molar-refractivity contribution in [1.29, 1.82) is 0 Å². The van der Waals surface area contributed by atoms with E-state index in [1.165, 1.54) is 17.7 Å². The number of methoxy groups -OCH3 is 1. The summed E-state index contributed by atoms with van der Waals surface area (Å²) >= 11 is 2.83. The average Bonchev–Trinajstić information content (AvgIpc) is 2.97. The molecule has 10 heteroatoms. The van der Waals surface area contributed by atoms with Crippen molar-refractivity contribution >= 4 is 37.3 Å². The summed E-state index contributed by atoms with van der Waals surface area (Å²) in [5.74, 6) is -1.29. The highest BCUT2D eigenvalue weighted by Gasteiger charge is 2.23. The van der Waals surface area contributed by atoms with Crippen LogP contribution < -0.4 is 9.46 Å². The van der Waals surface area contributed by atoms with E-state index in [4.69, 9.17) is 4.74 Å². The first-order valence-corrected chi connectivity index (χ1v) is 9.20. The molecular formula is C15H12BrF2N3O3S. The molecule has 0 unspecified atom stereocenters. The lowest BCUT2D eigenvalue weighted by atomic mass is 10.3. The molecule has 1 N–H and O–H groups in total. The topological polar surface area (TPSA) is 72.7 Å². The van der Waals surface area contributed by atoms with Gasteiger partial charge in [0, 0.05) is 12.3 Å². The van der Waals surface area contributed by atoms with Gasteiger partial charge >= 0.3 is 0 Å². The molecule has 0 saturated carbocycles. The Labute approximate surface area is 150 Å². The Hall–Kier alpha value is -2.20. The van der Waals surface area contributed by atoms with Crippen LogP contribution in [-0.4, -0.2) is 24.9 Å². The molecule has 0 aliphatic carbocycles. The molecule has 0 bridgehead atoms. The Morgan fingerprint density at radius 3 is 2.68 bits per heavy atom. The van der Waals surface area contributed by atoms with Crippen LogP contribution in [-0.2, 0) is 10.0 Å². The zero-order valence-corrected chi connectivity index (χ0v) is 15.5. The predicted octanol–water partition coefficient (Wildman–Crippen LogP) is 3.49. The SMILES string of the molecule is COc1c(C)ccn2c(S(=O)(=O)Nc3cc(F)c(Br)cc3F)cnc12. The minimum absolute atomic E-state index is 0.108. The number of aryl methyl sites for hydroxylation is 1. The largest absolute Gasteiger partial charge is 0.493 e. The second-order valence-electron chi connectivity index (χ2n) is 5.17. The van der Waals surface area contributed by atoms with Crippen molar-refractivity contribution in [2.24, 2.45) is 0 Å². The Kier molecular flexibility index (Phi) is 4.41. The van der Waals surface area contributed by atoms with Crippen molar-refractivity contribution in [3.8, 4) is 5.75 Å². The van der Waals surface area contributed by atoms with E-state index in [9.17, 15) is 17.2 Å². The van der Waals surface area contributed by atoms with Gasteiger partial charge in [-0.05, 0) is 40.5 Å². The highest BCUT2D eigenvalue weighted by Crippen LogP contribution is 2.28. The normalized spacial score (nSPS) is 11.7. The molecule has 3 rings (SSSR count). The molecule has 0 radical (unpaired) electrons. The molecule has 0 atom stereocenters. The van der Waals surface area contributed by atoms with Crippen LogP contribution in [0, 0.1) is 18.6 Å². The van der Waals surface area contributed by atoms with E-state index in [1.807, 2.05) is 4.72 Å². The molecule has 6 nitrogen and oxygen atoms in total. The number of nitrogens with one attached hydrogen (secondary N) is 1. The number of ether oxygens (including phenoxy) is 1. The standard InChI is InChI=1S/C15H12BrF2N3O3S/c1-8-3-4-21-13(7-19-15(21)14(8)24-2)25(22,23)20-12-6-10(17)9(16)5-11(12)18/h3-7,20H,1-2H3. The minimum atomic E-state index is -4.21. The number of anilines is 1. The Morgan fingerprint density at radius 1 is 1.28 bits per heavy atom. The number of rotatable bonds is 4. The molecule has 0 amide bonds. The van der Waals surface area contributed by atoms with Crippen LogP contribution in [0.5, 0.6) is 5.75 Å². The Balaban J connectivity index is 2.10. The maximum atomic E-state index is 13.9. The summed E-state index contributed by atoms with van der Waals surface area (Å²) in [6, 6.07) is 3.26. The van der Waals surface area contributed by atoms with Gasteiger partial charge in [0.15, 0.2) is 16.4 Å². The number of sulfonamides is 1. The van der Waals surface area contributed by atoms with E-state index in [1.54, 1.807) is 13.0 Å². The Morgan fingerprint density at radius 2 is 2.00 bits per heavy atom. The van der Waals surface area contributed by atoms with Crippen LogP contribution >= 0.6 is 15.9 Å². The van der Waals surface area contributed by atoms with Crippen LogP contribution in [0.25, 0.3) is 5.65 Å². The van der Waals surface area contributed by atoms with Crippen molar-refractivity contribution in [3.05, 3.63) is 52.3 Å². The van der Waals surface area contributed by atoms with Gasteiger partial charge < -0.3 is 4.74 Å². The van der Waals surface area contributed by atoms with Crippen molar-refractivity contribution in [2.45, 2.75) is 11.9 Å². The third kappa shape index (κ3) is 3.07. The second-order valence-corrected chi connectivity index (χ2v) is 7.66. The lowest BCUT2D eigenvalue weighted by Gasteiger charge is -2.11. The third-order valence-corrected chi connectivity index (χ3v) is 5.48. The van der Waals surface area contributed by atoms with Gasteiger partial charge in [-0.25, -0.2) is 13.8 Å². The summed E-state index contributed by atoms with van der Waals surface area (Å²) in [5.41, 5.74) is 0.568. The summed E-state index contributed by atoms with van der Waals surface area (Å²) in [7, 11) is -2.77. The highest BCUT2D eigenvalue weighted by molar-refractivity contribution is 9.10. The summed E-state index contributed by atoms with van der Waals surface area (Å²) in [6.45, 7) is 1.79. The van der Waals surface area contributed by atoms with Crippen LogP contribution in [0.4, 0.5) is 14.5 Å².